The first kappa shape index (κ1) is 10.2. The molecule has 0 spiro atoms. The smallest absolute Gasteiger partial charge is 0.226 e. The monoisotopic (exact) mass is 221 g/mol. The van der Waals surface area contributed by atoms with Crippen LogP contribution in [0.15, 0.2) is 17.4 Å². The predicted octanol–water partition coefficient (Wildman–Crippen LogP) is 2.06. The fourth-order valence-electron chi connectivity index (χ4n) is 1.32. The Kier molecular flexibility index (Phi) is 2.73. The molecule has 0 fully saturated rings. The van der Waals surface area contributed by atoms with Crippen molar-refractivity contribution in [2.75, 3.05) is 13.4 Å². The molecule has 2 aromatic heterocycles. The molecule has 4 nitrogen and oxygen atoms in total. The summed E-state index contributed by atoms with van der Waals surface area (Å²) in [6.07, 6.45) is 3.72. The van der Waals surface area contributed by atoms with Crippen LogP contribution in [0.2, 0.25) is 0 Å². The Balaban J connectivity index is 2.75. The third-order valence-corrected chi connectivity index (χ3v) is 2.56. The molecule has 0 aliphatic rings. The molecule has 78 valence electrons. The third-order valence-electron chi connectivity index (χ3n) is 2.01. The molecule has 0 unspecified atom stereocenters. The highest BCUT2D eigenvalue weighted by Gasteiger charge is 2.08. The minimum atomic E-state index is 0.584. The first-order valence-electron chi connectivity index (χ1n) is 4.47. The lowest BCUT2D eigenvalue weighted by atomic mass is 10.2. The summed E-state index contributed by atoms with van der Waals surface area (Å²) in [5, 5.41) is 1.53. The fraction of sp³-hybridized carbons (Fsp3) is 0.300. The fourth-order valence-corrected chi connectivity index (χ4v) is 1.67. The van der Waals surface area contributed by atoms with Crippen LogP contribution in [-0.4, -0.2) is 28.3 Å². The highest BCUT2D eigenvalue weighted by Crippen LogP contribution is 2.24. The van der Waals surface area contributed by atoms with Crippen LogP contribution in [0.25, 0.3) is 11.0 Å². The Bertz CT molecular complexity index is 501. The van der Waals surface area contributed by atoms with Gasteiger partial charge in [-0.15, -0.1) is 0 Å². The van der Waals surface area contributed by atoms with Gasteiger partial charge in [0.05, 0.1) is 12.5 Å². The van der Waals surface area contributed by atoms with Crippen molar-refractivity contribution in [3.8, 4) is 5.88 Å². The molecule has 2 heterocycles. The molecule has 0 aromatic carbocycles. The van der Waals surface area contributed by atoms with Gasteiger partial charge in [0, 0.05) is 6.20 Å². The lowest BCUT2D eigenvalue weighted by molar-refractivity contribution is 0.398. The summed E-state index contributed by atoms with van der Waals surface area (Å²) in [7, 11) is 1.61. The standard InChI is InChI=1S/C10H11N3OS/c1-6-4-7-8(11-5-6)12-10(15-3)13-9(7)14-2/h4-5H,1-3H3. The number of nitrogens with zero attached hydrogens (tertiary/aromatic N) is 3. The van der Waals surface area contributed by atoms with Crippen LogP contribution >= 0.6 is 11.8 Å². The van der Waals surface area contributed by atoms with Crippen molar-refractivity contribution >= 4 is 22.8 Å². The zero-order chi connectivity index (χ0) is 10.8. The molecule has 2 aromatic rings. The average molecular weight is 221 g/mol. The second kappa shape index (κ2) is 4.02. The Morgan fingerprint density at radius 1 is 1.33 bits per heavy atom. The minimum Gasteiger partial charge on any atom is -0.480 e. The van der Waals surface area contributed by atoms with E-state index in [1.807, 2.05) is 19.2 Å². The van der Waals surface area contributed by atoms with Crippen LogP contribution in [0, 0.1) is 6.92 Å². The van der Waals surface area contributed by atoms with E-state index in [1.165, 1.54) is 11.8 Å². The molecule has 0 N–H and O–H groups in total. The van der Waals surface area contributed by atoms with Crippen LogP contribution in [0.5, 0.6) is 5.88 Å². The number of aromatic nitrogens is 3. The van der Waals surface area contributed by atoms with Crippen molar-refractivity contribution in [3.05, 3.63) is 17.8 Å². The number of fused-ring (bicyclic) bond motifs is 1. The molecule has 2 rings (SSSR count). The molecule has 15 heavy (non-hydrogen) atoms. The summed E-state index contributed by atoms with van der Waals surface area (Å²) in [6.45, 7) is 1.98. The zero-order valence-electron chi connectivity index (χ0n) is 8.81. The van der Waals surface area contributed by atoms with Crippen LogP contribution in [0.3, 0.4) is 0 Å². The Hall–Kier alpha value is -1.36. The van der Waals surface area contributed by atoms with Gasteiger partial charge in [-0.3, -0.25) is 0 Å². The van der Waals surface area contributed by atoms with Gasteiger partial charge in [-0.25, -0.2) is 9.97 Å². The van der Waals surface area contributed by atoms with E-state index in [-0.39, 0.29) is 0 Å². The number of rotatable bonds is 2. The van der Waals surface area contributed by atoms with Crippen molar-refractivity contribution < 1.29 is 4.74 Å². The van der Waals surface area contributed by atoms with E-state index < -0.39 is 0 Å². The quantitative estimate of drug-likeness (QED) is 0.574. The van der Waals surface area contributed by atoms with E-state index in [2.05, 4.69) is 15.0 Å². The summed E-state index contributed by atoms with van der Waals surface area (Å²) >= 11 is 1.48. The average Bonchev–Trinajstić information content (AvgIpc) is 2.27. The van der Waals surface area contributed by atoms with Crippen molar-refractivity contribution in [1.29, 1.82) is 0 Å². The zero-order valence-corrected chi connectivity index (χ0v) is 9.63. The SMILES string of the molecule is COc1nc(SC)nc2ncc(C)cc12. The highest BCUT2D eigenvalue weighted by atomic mass is 32.2. The first-order chi connectivity index (χ1) is 7.24. The van der Waals surface area contributed by atoms with Gasteiger partial charge in [-0.1, -0.05) is 11.8 Å². The minimum absolute atomic E-state index is 0.584. The molecule has 0 amide bonds. The van der Waals surface area contributed by atoms with E-state index in [1.54, 1.807) is 13.3 Å². The van der Waals surface area contributed by atoms with Crippen molar-refractivity contribution in [2.24, 2.45) is 0 Å². The van der Waals surface area contributed by atoms with E-state index in [4.69, 9.17) is 4.74 Å². The van der Waals surface area contributed by atoms with Crippen LogP contribution < -0.4 is 4.74 Å². The summed E-state index contributed by atoms with van der Waals surface area (Å²) < 4.78 is 5.22. The van der Waals surface area contributed by atoms with Gasteiger partial charge in [0.15, 0.2) is 10.8 Å². The summed E-state index contributed by atoms with van der Waals surface area (Å²) in [5.74, 6) is 0.584. The predicted molar refractivity (Wildman–Crippen MR) is 60.4 cm³/mol. The summed E-state index contributed by atoms with van der Waals surface area (Å²) in [5.41, 5.74) is 1.75. The van der Waals surface area contributed by atoms with Crippen molar-refractivity contribution in [2.45, 2.75) is 12.1 Å². The Morgan fingerprint density at radius 3 is 2.80 bits per heavy atom. The normalized spacial score (nSPS) is 10.6. The number of hydrogen-bond acceptors (Lipinski definition) is 5. The number of methoxy groups -OCH3 is 1. The maximum atomic E-state index is 5.22. The third kappa shape index (κ3) is 1.87. The summed E-state index contributed by atoms with van der Waals surface area (Å²) in [4.78, 5) is 12.8. The molecule has 0 aliphatic carbocycles. The van der Waals surface area contributed by atoms with Crippen LogP contribution in [0.4, 0.5) is 0 Å². The van der Waals surface area contributed by atoms with E-state index >= 15 is 0 Å². The van der Waals surface area contributed by atoms with Crippen molar-refractivity contribution in [1.82, 2.24) is 15.0 Å². The number of hydrogen-bond donors (Lipinski definition) is 0. The maximum Gasteiger partial charge on any atom is 0.226 e. The number of thioether (sulfide) groups is 1. The first-order valence-corrected chi connectivity index (χ1v) is 5.69. The van der Waals surface area contributed by atoms with E-state index in [0.717, 1.165) is 10.9 Å². The molecule has 0 atom stereocenters. The lowest BCUT2D eigenvalue weighted by Crippen LogP contribution is -1.96. The topological polar surface area (TPSA) is 47.9 Å². The second-order valence-electron chi connectivity index (χ2n) is 3.10. The van der Waals surface area contributed by atoms with Gasteiger partial charge >= 0.3 is 0 Å². The second-order valence-corrected chi connectivity index (χ2v) is 3.88. The Morgan fingerprint density at radius 2 is 2.13 bits per heavy atom. The van der Waals surface area contributed by atoms with Gasteiger partial charge in [0.1, 0.15) is 0 Å². The molecule has 0 aliphatic heterocycles. The molecular formula is C10H11N3OS. The van der Waals surface area contributed by atoms with Gasteiger partial charge in [-0.05, 0) is 24.8 Å². The van der Waals surface area contributed by atoms with E-state index in [9.17, 15) is 0 Å². The number of ether oxygens (including phenoxy) is 1. The molecule has 0 radical (unpaired) electrons. The maximum absolute atomic E-state index is 5.22. The molecule has 0 saturated heterocycles. The van der Waals surface area contributed by atoms with Crippen molar-refractivity contribution in [3.63, 3.8) is 0 Å². The van der Waals surface area contributed by atoms with E-state index in [0.29, 0.717) is 16.7 Å². The van der Waals surface area contributed by atoms with Gasteiger partial charge in [0.25, 0.3) is 0 Å². The molecule has 0 saturated carbocycles. The van der Waals surface area contributed by atoms with Gasteiger partial charge < -0.3 is 4.74 Å². The number of pyridine rings is 1. The number of aryl methyl sites for hydroxylation is 1. The van der Waals surface area contributed by atoms with Gasteiger partial charge in [0.2, 0.25) is 5.88 Å². The van der Waals surface area contributed by atoms with Crippen LogP contribution in [-0.2, 0) is 0 Å². The molecular weight excluding hydrogens is 210 g/mol. The highest BCUT2D eigenvalue weighted by molar-refractivity contribution is 7.98. The van der Waals surface area contributed by atoms with Gasteiger partial charge in [-0.2, -0.15) is 4.98 Å². The molecule has 5 heteroatoms. The lowest BCUT2D eigenvalue weighted by Gasteiger charge is -2.05. The Labute approximate surface area is 92.1 Å². The van der Waals surface area contributed by atoms with Crippen LogP contribution in [0.1, 0.15) is 5.56 Å². The molecule has 0 bridgehead atoms. The largest absolute Gasteiger partial charge is 0.480 e. The summed E-state index contributed by atoms with van der Waals surface area (Å²) in [6, 6.07) is 1.98.